The zero-order valence-corrected chi connectivity index (χ0v) is 15.0. The molecule has 0 radical (unpaired) electrons. The van der Waals surface area contributed by atoms with Gasteiger partial charge in [0.1, 0.15) is 5.82 Å². The second-order valence-electron chi connectivity index (χ2n) is 5.51. The molecule has 2 aromatic rings. The second-order valence-corrected chi connectivity index (χ2v) is 7.64. The predicted molar refractivity (Wildman–Crippen MR) is 99.6 cm³/mol. The first kappa shape index (κ1) is 17.9. The number of anilines is 2. The lowest BCUT2D eigenvalue weighted by Gasteiger charge is -2.47. The van der Waals surface area contributed by atoms with E-state index in [1.165, 1.54) is 11.2 Å². The van der Waals surface area contributed by atoms with Gasteiger partial charge in [0.25, 0.3) is 0 Å². The van der Waals surface area contributed by atoms with E-state index in [4.69, 9.17) is 11.6 Å². The van der Waals surface area contributed by atoms with Crippen LogP contribution in [0.5, 0.6) is 0 Å². The first-order valence-corrected chi connectivity index (χ1v) is 9.45. The predicted octanol–water partition coefficient (Wildman–Crippen LogP) is 3.14. The van der Waals surface area contributed by atoms with E-state index >= 15 is 0 Å². The number of rotatable bonds is 3. The third-order valence-corrected chi connectivity index (χ3v) is 5.50. The molecule has 0 spiro atoms. The highest BCUT2D eigenvalue weighted by molar-refractivity contribution is 8.23. The van der Waals surface area contributed by atoms with Gasteiger partial charge in [-0.15, -0.1) is 0 Å². The van der Waals surface area contributed by atoms with Gasteiger partial charge >= 0.3 is 0 Å². The monoisotopic (exact) mass is 383 g/mol. The number of pyridine rings is 2. The SMILES string of the molecule is CC(=O)Nc1cc(-c2cnc(Cl)c(N3CCCNS3(O)O)c2)ccn1. The Morgan fingerprint density at radius 1 is 1.36 bits per heavy atom. The molecule has 1 fully saturated rings. The Labute approximate surface area is 151 Å². The summed E-state index contributed by atoms with van der Waals surface area (Å²) in [4.78, 5) is 19.4. The molecule has 4 N–H and O–H groups in total. The number of carbonyl (C=O) groups is 1. The molecule has 3 heterocycles. The maximum absolute atomic E-state index is 11.2. The number of nitrogens with zero attached hydrogens (tertiary/aromatic N) is 3. The molecule has 0 aromatic carbocycles. The first-order chi connectivity index (χ1) is 11.9. The lowest BCUT2D eigenvalue weighted by Crippen LogP contribution is -2.43. The molecule has 1 saturated heterocycles. The van der Waals surface area contributed by atoms with Crippen molar-refractivity contribution in [3.8, 4) is 11.1 Å². The highest BCUT2D eigenvalue weighted by Crippen LogP contribution is 2.47. The van der Waals surface area contributed by atoms with Crippen molar-refractivity contribution in [3.05, 3.63) is 35.7 Å². The summed E-state index contributed by atoms with van der Waals surface area (Å²) in [6, 6.07) is 5.22. The maximum Gasteiger partial charge on any atom is 0.222 e. The Kier molecular flexibility index (Phi) is 5.11. The number of nitrogens with one attached hydrogen (secondary N) is 2. The minimum absolute atomic E-state index is 0.184. The Balaban J connectivity index is 1.98. The fraction of sp³-hybridized carbons (Fsp3) is 0.267. The van der Waals surface area contributed by atoms with Gasteiger partial charge in [0.2, 0.25) is 5.91 Å². The number of hydrogen-bond donors (Lipinski definition) is 4. The molecular weight excluding hydrogens is 366 g/mol. The van der Waals surface area contributed by atoms with Crippen molar-refractivity contribution >= 4 is 40.0 Å². The van der Waals surface area contributed by atoms with Crippen LogP contribution in [0.4, 0.5) is 11.5 Å². The minimum atomic E-state index is -3.13. The lowest BCUT2D eigenvalue weighted by molar-refractivity contribution is -0.114. The van der Waals surface area contributed by atoms with Crippen molar-refractivity contribution in [1.29, 1.82) is 0 Å². The summed E-state index contributed by atoms with van der Waals surface area (Å²) in [5.74, 6) is 0.207. The molecule has 1 aliphatic heterocycles. The van der Waals surface area contributed by atoms with Crippen LogP contribution < -0.4 is 14.3 Å². The van der Waals surface area contributed by atoms with Crippen molar-refractivity contribution in [2.75, 3.05) is 22.7 Å². The first-order valence-electron chi connectivity index (χ1n) is 7.57. The number of aromatic nitrogens is 2. The normalized spacial score (nSPS) is 17.8. The van der Waals surface area contributed by atoms with E-state index in [1.807, 2.05) is 0 Å². The average Bonchev–Trinajstić information content (AvgIpc) is 2.55. The molecule has 25 heavy (non-hydrogen) atoms. The Bertz CT molecular complexity index is 804. The van der Waals surface area contributed by atoms with Crippen LogP contribution in [-0.4, -0.2) is 38.1 Å². The van der Waals surface area contributed by atoms with Gasteiger partial charge in [-0.25, -0.2) is 14.7 Å². The summed E-state index contributed by atoms with van der Waals surface area (Å²) >= 11 is 6.19. The fourth-order valence-electron chi connectivity index (χ4n) is 2.52. The molecule has 134 valence electrons. The molecule has 1 amide bonds. The Morgan fingerprint density at radius 3 is 2.88 bits per heavy atom. The van der Waals surface area contributed by atoms with Crippen molar-refractivity contribution in [1.82, 2.24) is 14.7 Å². The zero-order chi connectivity index (χ0) is 18.0. The molecule has 0 saturated carbocycles. The van der Waals surface area contributed by atoms with Crippen molar-refractivity contribution < 1.29 is 13.9 Å². The van der Waals surface area contributed by atoms with E-state index in [1.54, 1.807) is 30.6 Å². The molecule has 0 aliphatic carbocycles. The Hall–Kier alpha value is -1.91. The fourth-order valence-corrected chi connectivity index (χ4v) is 4.15. The van der Waals surface area contributed by atoms with Gasteiger partial charge in [-0.1, -0.05) is 22.6 Å². The molecule has 2 aromatic heterocycles. The third kappa shape index (κ3) is 4.02. The molecular formula is C15H18ClN5O3S. The van der Waals surface area contributed by atoms with Crippen molar-refractivity contribution in [3.63, 3.8) is 0 Å². The van der Waals surface area contributed by atoms with Crippen LogP contribution in [0.15, 0.2) is 30.6 Å². The van der Waals surface area contributed by atoms with Crippen LogP contribution in [0, 0.1) is 0 Å². The molecule has 3 rings (SSSR count). The van der Waals surface area contributed by atoms with Gasteiger partial charge in [-0.05, 0) is 30.2 Å². The smallest absolute Gasteiger partial charge is 0.222 e. The highest BCUT2D eigenvalue weighted by Gasteiger charge is 2.28. The topological polar surface area (TPSA) is 111 Å². The lowest BCUT2D eigenvalue weighted by atomic mass is 10.1. The quantitative estimate of drug-likeness (QED) is 0.602. The zero-order valence-electron chi connectivity index (χ0n) is 13.4. The van der Waals surface area contributed by atoms with Gasteiger partial charge in [-0.3, -0.25) is 18.2 Å². The average molecular weight is 384 g/mol. The number of hydrogen-bond acceptors (Lipinski definition) is 7. The van der Waals surface area contributed by atoms with Gasteiger partial charge in [0.05, 0.1) is 5.69 Å². The van der Waals surface area contributed by atoms with Gasteiger partial charge in [0, 0.05) is 38.0 Å². The van der Waals surface area contributed by atoms with Crippen molar-refractivity contribution in [2.45, 2.75) is 13.3 Å². The summed E-state index contributed by atoms with van der Waals surface area (Å²) in [5.41, 5.74) is 1.92. The third-order valence-electron chi connectivity index (χ3n) is 3.63. The summed E-state index contributed by atoms with van der Waals surface area (Å²) in [7, 11) is -3.13. The van der Waals surface area contributed by atoms with E-state index in [0.29, 0.717) is 30.2 Å². The number of amides is 1. The molecule has 10 heteroatoms. The van der Waals surface area contributed by atoms with Crippen LogP contribution in [0.3, 0.4) is 0 Å². The standard InChI is InChI=1S/C15H18ClN5O3S/c1-10(22)20-14-8-11(3-5-17-14)12-7-13(15(16)18-9-12)21-6-2-4-19-25(21,23)24/h3,5,7-9,19,23-24H,2,4,6H2,1H3,(H,17,20,22). The van der Waals surface area contributed by atoms with Crippen molar-refractivity contribution in [2.24, 2.45) is 0 Å². The van der Waals surface area contributed by atoms with Gasteiger partial charge in [0.15, 0.2) is 5.15 Å². The van der Waals surface area contributed by atoms with Gasteiger partial charge in [-0.2, -0.15) is 0 Å². The summed E-state index contributed by atoms with van der Waals surface area (Å²) < 4.78 is 24.6. The summed E-state index contributed by atoms with van der Waals surface area (Å²) in [6.45, 7) is 2.38. The highest BCUT2D eigenvalue weighted by atomic mass is 35.5. The minimum Gasteiger partial charge on any atom is -0.311 e. The molecule has 0 bridgehead atoms. The Morgan fingerprint density at radius 2 is 2.16 bits per heavy atom. The summed E-state index contributed by atoms with van der Waals surface area (Å²) in [5, 5.41) is 2.81. The van der Waals surface area contributed by atoms with Crippen LogP contribution in [0.2, 0.25) is 5.15 Å². The number of carbonyl (C=O) groups excluding carboxylic acids is 1. The number of halogens is 1. The van der Waals surface area contributed by atoms with Crippen LogP contribution in [-0.2, 0) is 4.79 Å². The molecule has 0 atom stereocenters. The second kappa shape index (κ2) is 7.14. The van der Waals surface area contributed by atoms with Crippen LogP contribution in [0.25, 0.3) is 11.1 Å². The molecule has 1 aliphatic rings. The van der Waals surface area contributed by atoms with Crippen LogP contribution >= 0.6 is 22.6 Å². The summed E-state index contributed by atoms with van der Waals surface area (Å²) in [6.07, 6.45) is 3.91. The van der Waals surface area contributed by atoms with E-state index in [0.717, 1.165) is 12.0 Å². The largest absolute Gasteiger partial charge is 0.311 e. The van der Waals surface area contributed by atoms with E-state index < -0.39 is 11.0 Å². The van der Waals surface area contributed by atoms with Crippen LogP contribution in [0.1, 0.15) is 13.3 Å². The van der Waals surface area contributed by atoms with E-state index in [-0.39, 0.29) is 11.1 Å². The van der Waals surface area contributed by atoms with E-state index in [2.05, 4.69) is 20.0 Å². The van der Waals surface area contributed by atoms with Gasteiger partial charge < -0.3 is 5.32 Å². The molecule has 8 nitrogen and oxygen atoms in total. The molecule has 0 unspecified atom stereocenters. The van der Waals surface area contributed by atoms with E-state index in [9.17, 15) is 13.9 Å². The maximum atomic E-state index is 11.2.